The predicted octanol–water partition coefficient (Wildman–Crippen LogP) is 2.46. The van der Waals surface area contributed by atoms with Crippen LogP contribution in [0.2, 0.25) is 0 Å². The second-order valence-corrected chi connectivity index (χ2v) is 6.28. The Kier molecular flexibility index (Phi) is 3.13. The quantitative estimate of drug-likeness (QED) is 0.889. The van der Waals surface area contributed by atoms with Gasteiger partial charge in [0.05, 0.1) is 11.0 Å². The second-order valence-electron chi connectivity index (χ2n) is 4.71. The third-order valence-corrected chi connectivity index (χ3v) is 5.25. The predicted molar refractivity (Wildman–Crippen MR) is 69.2 cm³/mol. The molecule has 1 aromatic rings. The number of fused-ring (bicyclic) bond motifs is 1. The Morgan fingerprint density at radius 3 is 2.56 bits per heavy atom. The lowest BCUT2D eigenvalue weighted by Crippen LogP contribution is -2.25. The summed E-state index contributed by atoms with van der Waals surface area (Å²) in [5.74, 6) is 2.73. The van der Waals surface area contributed by atoms with Gasteiger partial charge in [-0.1, -0.05) is 0 Å². The molecule has 3 rings (SSSR count). The minimum Gasteiger partial charge on any atom is -0.452 e. The Bertz CT molecular complexity index is 362. The fourth-order valence-corrected chi connectivity index (χ4v) is 3.43. The molecule has 5 heteroatoms. The molecule has 88 valence electrons. The van der Waals surface area contributed by atoms with Crippen molar-refractivity contribution in [1.29, 1.82) is 0 Å². The van der Waals surface area contributed by atoms with E-state index in [2.05, 4.69) is 48.1 Å². The normalized spacial score (nSPS) is 29.9. The largest absolute Gasteiger partial charge is 0.452 e. The van der Waals surface area contributed by atoms with Gasteiger partial charge in [0.15, 0.2) is 4.67 Å². The van der Waals surface area contributed by atoms with E-state index in [0.717, 1.165) is 33.3 Å². The van der Waals surface area contributed by atoms with Crippen LogP contribution in [0, 0.1) is 11.8 Å². The van der Waals surface area contributed by atoms with Crippen molar-refractivity contribution in [2.45, 2.75) is 6.54 Å². The first-order valence-corrected chi connectivity index (χ1v) is 7.18. The average Bonchev–Trinajstić information content (AvgIpc) is 2.83. The summed E-state index contributed by atoms with van der Waals surface area (Å²) < 4.78 is 7.41. The van der Waals surface area contributed by atoms with E-state index >= 15 is 0 Å². The van der Waals surface area contributed by atoms with Gasteiger partial charge in [0.1, 0.15) is 5.76 Å². The molecule has 2 unspecified atom stereocenters. The summed E-state index contributed by atoms with van der Waals surface area (Å²) in [6.07, 6.45) is 0. The molecule has 1 aromatic heterocycles. The zero-order valence-electron chi connectivity index (χ0n) is 8.88. The lowest BCUT2D eigenvalue weighted by molar-refractivity contribution is 0.275. The topological polar surface area (TPSA) is 28.4 Å². The fourth-order valence-electron chi connectivity index (χ4n) is 2.77. The van der Waals surface area contributed by atoms with Crippen molar-refractivity contribution in [3.63, 3.8) is 0 Å². The summed E-state index contributed by atoms with van der Waals surface area (Å²) in [6.45, 7) is 5.71. The summed E-state index contributed by atoms with van der Waals surface area (Å²) in [5, 5.41) is 3.46. The van der Waals surface area contributed by atoms with E-state index in [1.807, 2.05) is 0 Å². The van der Waals surface area contributed by atoms with Crippen LogP contribution in [0.15, 0.2) is 19.6 Å². The van der Waals surface area contributed by atoms with Gasteiger partial charge >= 0.3 is 0 Å². The van der Waals surface area contributed by atoms with E-state index in [1.54, 1.807) is 0 Å². The smallest absolute Gasteiger partial charge is 0.183 e. The van der Waals surface area contributed by atoms with Crippen molar-refractivity contribution in [1.82, 2.24) is 10.2 Å². The molecule has 0 aromatic carbocycles. The maximum Gasteiger partial charge on any atom is 0.183 e. The summed E-state index contributed by atoms with van der Waals surface area (Å²) in [5.41, 5.74) is 0. The Morgan fingerprint density at radius 1 is 1.31 bits per heavy atom. The van der Waals surface area contributed by atoms with Crippen molar-refractivity contribution in [3.05, 3.63) is 21.0 Å². The van der Waals surface area contributed by atoms with E-state index in [9.17, 15) is 0 Å². The fraction of sp³-hybridized carbons (Fsp3) is 0.636. The zero-order valence-corrected chi connectivity index (χ0v) is 12.1. The van der Waals surface area contributed by atoms with Gasteiger partial charge in [-0.05, 0) is 62.9 Å². The number of hydrogen-bond acceptors (Lipinski definition) is 3. The van der Waals surface area contributed by atoms with Gasteiger partial charge in [-0.3, -0.25) is 4.90 Å². The van der Waals surface area contributed by atoms with Crippen molar-refractivity contribution in [3.8, 4) is 0 Å². The highest BCUT2D eigenvalue weighted by Crippen LogP contribution is 2.30. The van der Waals surface area contributed by atoms with Gasteiger partial charge in [0, 0.05) is 13.1 Å². The van der Waals surface area contributed by atoms with Crippen molar-refractivity contribution in [2.75, 3.05) is 26.2 Å². The SMILES string of the molecule is Brc1cc(CN2CC3CNCC3C2)oc1Br. The third kappa shape index (κ3) is 2.10. The number of nitrogens with zero attached hydrogens (tertiary/aromatic N) is 1. The first-order valence-electron chi connectivity index (χ1n) is 5.59. The Hall–Kier alpha value is 0.160. The van der Waals surface area contributed by atoms with E-state index in [1.165, 1.54) is 26.2 Å². The van der Waals surface area contributed by atoms with Crippen LogP contribution in [0.25, 0.3) is 0 Å². The molecule has 1 N–H and O–H groups in total. The molecule has 2 aliphatic heterocycles. The van der Waals surface area contributed by atoms with Crippen LogP contribution >= 0.6 is 31.9 Å². The van der Waals surface area contributed by atoms with E-state index in [4.69, 9.17) is 4.42 Å². The number of rotatable bonds is 2. The molecule has 3 nitrogen and oxygen atoms in total. The molecule has 16 heavy (non-hydrogen) atoms. The molecule has 0 radical (unpaired) electrons. The molecule has 0 amide bonds. The monoisotopic (exact) mass is 348 g/mol. The van der Waals surface area contributed by atoms with E-state index in [0.29, 0.717) is 0 Å². The minimum absolute atomic E-state index is 0.795. The molecule has 2 atom stereocenters. The third-order valence-electron chi connectivity index (χ3n) is 3.54. The van der Waals surface area contributed by atoms with Crippen LogP contribution in [-0.4, -0.2) is 31.1 Å². The number of hydrogen-bond donors (Lipinski definition) is 1. The minimum atomic E-state index is 0.795. The standard InChI is InChI=1S/C11H14Br2N2O/c12-10-1-9(16-11(10)13)6-15-4-7-2-14-3-8(7)5-15/h1,7-8,14H,2-6H2. The number of likely N-dealkylation sites (tertiary alicyclic amines) is 1. The van der Waals surface area contributed by atoms with Gasteiger partial charge in [-0.15, -0.1) is 0 Å². The van der Waals surface area contributed by atoms with E-state index < -0.39 is 0 Å². The van der Waals surface area contributed by atoms with Gasteiger partial charge < -0.3 is 9.73 Å². The van der Waals surface area contributed by atoms with Gasteiger partial charge in [-0.25, -0.2) is 0 Å². The Balaban J connectivity index is 1.64. The molecule has 3 heterocycles. The molecule has 0 bridgehead atoms. The van der Waals surface area contributed by atoms with Crippen molar-refractivity contribution >= 4 is 31.9 Å². The van der Waals surface area contributed by atoms with Crippen molar-refractivity contribution in [2.24, 2.45) is 11.8 Å². The number of nitrogens with one attached hydrogen (secondary N) is 1. The maximum atomic E-state index is 5.61. The van der Waals surface area contributed by atoms with Crippen LogP contribution in [0.4, 0.5) is 0 Å². The Morgan fingerprint density at radius 2 is 2.00 bits per heavy atom. The highest BCUT2D eigenvalue weighted by Gasteiger charge is 2.36. The summed E-state index contributed by atoms with van der Waals surface area (Å²) >= 11 is 6.82. The molecular weight excluding hydrogens is 336 g/mol. The molecule has 2 saturated heterocycles. The summed E-state index contributed by atoms with van der Waals surface area (Å²) in [6, 6.07) is 2.05. The summed E-state index contributed by atoms with van der Waals surface area (Å²) in [4.78, 5) is 2.49. The molecule has 0 spiro atoms. The summed E-state index contributed by atoms with van der Waals surface area (Å²) in [7, 11) is 0. The molecule has 0 saturated carbocycles. The average molecular weight is 350 g/mol. The van der Waals surface area contributed by atoms with Crippen LogP contribution in [-0.2, 0) is 6.54 Å². The molecule has 2 fully saturated rings. The lowest BCUT2D eigenvalue weighted by Gasteiger charge is -2.14. The molecule has 2 aliphatic rings. The van der Waals surface area contributed by atoms with Crippen LogP contribution in [0.3, 0.4) is 0 Å². The molecular formula is C11H14Br2N2O. The van der Waals surface area contributed by atoms with E-state index in [-0.39, 0.29) is 0 Å². The maximum absolute atomic E-state index is 5.61. The van der Waals surface area contributed by atoms with Gasteiger partial charge in [0.2, 0.25) is 0 Å². The highest BCUT2D eigenvalue weighted by atomic mass is 79.9. The Labute approximate surface area is 112 Å². The zero-order chi connectivity index (χ0) is 11.1. The number of halogens is 2. The van der Waals surface area contributed by atoms with Crippen LogP contribution in [0.1, 0.15) is 5.76 Å². The first kappa shape index (κ1) is 11.3. The first-order chi connectivity index (χ1) is 7.72. The van der Waals surface area contributed by atoms with Crippen LogP contribution in [0.5, 0.6) is 0 Å². The number of furan rings is 1. The lowest BCUT2D eigenvalue weighted by atomic mass is 10.0. The van der Waals surface area contributed by atoms with Crippen LogP contribution < -0.4 is 5.32 Å². The molecule has 0 aliphatic carbocycles. The van der Waals surface area contributed by atoms with Gasteiger partial charge in [0.25, 0.3) is 0 Å². The second kappa shape index (κ2) is 4.44. The van der Waals surface area contributed by atoms with Crippen molar-refractivity contribution < 1.29 is 4.42 Å². The van der Waals surface area contributed by atoms with Gasteiger partial charge in [-0.2, -0.15) is 0 Å². The highest BCUT2D eigenvalue weighted by molar-refractivity contribution is 9.13.